The first-order valence-corrected chi connectivity index (χ1v) is 9.02. The summed E-state index contributed by atoms with van der Waals surface area (Å²) in [5.74, 6) is 0.605. The van der Waals surface area contributed by atoms with Gasteiger partial charge in [0.1, 0.15) is 0 Å². The summed E-state index contributed by atoms with van der Waals surface area (Å²) in [7, 11) is 0. The second-order valence-corrected chi connectivity index (χ2v) is 6.81. The van der Waals surface area contributed by atoms with Crippen LogP contribution in [0.25, 0.3) is 0 Å². The Morgan fingerprint density at radius 3 is 2.50 bits per heavy atom. The number of carbonyl (C=O) groups is 1. The van der Waals surface area contributed by atoms with Crippen molar-refractivity contribution in [3.8, 4) is 0 Å². The molecule has 0 spiro atoms. The summed E-state index contributed by atoms with van der Waals surface area (Å²) in [6, 6.07) is 13.5. The number of carbonyl (C=O) groups excluding carboxylic acids is 1. The van der Waals surface area contributed by atoms with Crippen LogP contribution in [0.4, 0.5) is 5.69 Å². The first-order valence-electron chi connectivity index (χ1n) is 7.42. The third kappa shape index (κ3) is 3.31. The summed E-state index contributed by atoms with van der Waals surface area (Å²) in [4.78, 5) is 13.2. The van der Waals surface area contributed by atoms with Gasteiger partial charge in [-0.05, 0) is 60.9 Å². The number of hydrogen-bond acceptors (Lipinski definition) is 2. The van der Waals surface area contributed by atoms with Gasteiger partial charge in [0.25, 0.3) is 5.91 Å². The number of nitrogens with one attached hydrogen (secondary N) is 1. The number of amides is 1. The predicted molar refractivity (Wildman–Crippen MR) is 94.2 cm³/mol. The lowest BCUT2D eigenvalue weighted by molar-refractivity contribution is 0.102. The smallest absolute Gasteiger partial charge is 0.255 e. The van der Waals surface area contributed by atoms with Crippen LogP contribution in [0, 0.1) is 0 Å². The maximum absolute atomic E-state index is 12.3. The van der Waals surface area contributed by atoms with E-state index in [2.05, 4.69) is 17.4 Å². The molecule has 0 saturated heterocycles. The van der Waals surface area contributed by atoms with Crippen LogP contribution >= 0.6 is 23.4 Å². The third-order valence-corrected chi connectivity index (χ3v) is 5.38. The quantitative estimate of drug-likeness (QED) is 0.741. The lowest BCUT2D eigenvalue weighted by atomic mass is 9.80. The molecule has 1 aliphatic rings. The second-order valence-electron chi connectivity index (χ2n) is 5.55. The van der Waals surface area contributed by atoms with Crippen molar-refractivity contribution in [1.82, 2.24) is 0 Å². The van der Waals surface area contributed by atoms with Crippen molar-refractivity contribution in [2.75, 3.05) is 11.6 Å². The van der Waals surface area contributed by atoms with Gasteiger partial charge in [-0.15, -0.1) is 11.8 Å². The largest absolute Gasteiger partial charge is 0.322 e. The lowest BCUT2D eigenvalue weighted by Gasteiger charge is -2.25. The van der Waals surface area contributed by atoms with E-state index >= 15 is 0 Å². The summed E-state index contributed by atoms with van der Waals surface area (Å²) in [5, 5.41) is 3.61. The molecular formula is C18H18ClNOS. The van der Waals surface area contributed by atoms with Gasteiger partial charge in [-0.3, -0.25) is 4.79 Å². The fraction of sp³-hybridized carbons (Fsp3) is 0.278. The maximum Gasteiger partial charge on any atom is 0.255 e. The number of rotatable bonds is 4. The first kappa shape index (κ1) is 15.4. The van der Waals surface area contributed by atoms with Gasteiger partial charge in [0.15, 0.2) is 0 Å². The normalized spacial score (nSPS) is 14.5. The molecule has 2 aromatic rings. The van der Waals surface area contributed by atoms with Crippen molar-refractivity contribution in [2.45, 2.75) is 30.1 Å². The standard InChI is InChI=1S/C18H18ClNOS/c1-22-17-11-14(7-10-16(17)19)18(21)20-15-8-5-13(6-9-15)12-3-2-4-12/h5-12H,2-4H2,1H3,(H,20,21). The third-order valence-electron chi connectivity index (χ3n) is 4.16. The van der Waals surface area contributed by atoms with E-state index in [1.54, 1.807) is 12.1 Å². The zero-order valence-electron chi connectivity index (χ0n) is 12.4. The molecule has 4 heteroatoms. The Morgan fingerprint density at radius 1 is 1.18 bits per heavy atom. The molecule has 0 radical (unpaired) electrons. The molecule has 0 unspecified atom stereocenters. The zero-order valence-corrected chi connectivity index (χ0v) is 14.0. The average molecular weight is 332 g/mol. The minimum Gasteiger partial charge on any atom is -0.322 e. The van der Waals surface area contributed by atoms with Gasteiger partial charge >= 0.3 is 0 Å². The topological polar surface area (TPSA) is 29.1 Å². The Balaban J connectivity index is 1.70. The molecule has 1 N–H and O–H groups in total. The summed E-state index contributed by atoms with van der Waals surface area (Å²) in [5.41, 5.74) is 2.82. The highest BCUT2D eigenvalue weighted by molar-refractivity contribution is 7.98. The molecule has 0 aromatic heterocycles. The van der Waals surface area contributed by atoms with Gasteiger partial charge in [0.2, 0.25) is 0 Å². The fourth-order valence-electron chi connectivity index (χ4n) is 2.58. The Kier molecular flexibility index (Phi) is 4.74. The molecule has 1 amide bonds. The van der Waals surface area contributed by atoms with Crippen LogP contribution in [0.15, 0.2) is 47.4 Å². The van der Waals surface area contributed by atoms with Crippen molar-refractivity contribution in [3.05, 3.63) is 58.6 Å². The minimum atomic E-state index is -0.108. The van der Waals surface area contributed by atoms with E-state index in [1.807, 2.05) is 24.5 Å². The van der Waals surface area contributed by atoms with Crippen molar-refractivity contribution >= 4 is 35.0 Å². The molecule has 0 bridgehead atoms. The molecule has 22 heavy (non-hydrogen) atoms. The van der Waals surface area contributed by atoms with Crippen molar-refractivity contribution in [2.24, 2.45) is 0 Å². The van der Waals surface area contributed by atoms with E-state index in [0.717, 1.165) is 10.6 Å². The fourth-order valence-corrected chi connectivity index (χ4v) is 3.44. The Morgan fingerprint density at radius 2 is 1.91 bits per heavy atom. The van der Waals surface area contributed by atoms with Crippen molar-refractivity contribution in [1.29, 1.82) is 0 Å². The molecule has 1 fully saturated rings. The van der Waals surface area contributed by atoms with E-state index in [9.17, 15) is 4.79 Å². The predicted octanol–water partition coefficient (Wildman–Crippen LogP) is 5.58. The van der Waals surface area contributed by atoms with Crippen LogP contribution in [0.1, 0.15) is 41.1 Å². The molecule has 114 valence electrons. The highest BCUT2D eigenvalue weighted by atomic mass is 35.5. The van der Waals surface area contributed by atoms with E-state index in [1.165, 1.54) is 36.6 Å². The summed E-state index contributed by atoms with van der Waals surface area (Å²) >= 11 is 7.61. The highest BCUT2D eigenvalue weighted by Crippen LogP contribution is 2.36. The maximum atomic E-state index is 12.3. The number of anilines is 1. The SMILES string of the molecule is CSc1cc(C(=O)Nc2ccc(C3CCC3)cc2)ccc1Cl. The van der Waals surface area contributed by atoms with Crippen LogP contribution < -0.4 is 5.32 Å². The molecule has 1 saturated carbocycles. The lowest BCUT2D eigenvalue weighted by Crippen LogP contribution is -2.12. The van der Waals surface area contributed by atoms with Crippen LogP contribution in [-0.2, 0) is 0 Å². The van der Waals surface area contributed by atoms with Crippen LogP contribution in [0.3, 0.4) is 0 Å². The number of hydrogen-bond donors (Lipinski definition) is 1. The number of benzene rings is 2. The summed E-state index contributed by atoms with van der Waals surface area (Å²) in [6.07, 6.45) is 5.85. The molecule has 3 rings (SSSR count). The summed E-state index contributed by atoms with van der Waals surface area (Å²) < 4.78 is 0. The molecule has 0 heterocycles. The molecule has 0 atom stereocenters. The summed E-state index contributed by atoms with van der Waals surface area (Å²) in [6.45, 7) is 0. The molecule has 1 aliphatic carbocycles. The monoisotopic (exact) mass is 331 g/mol. The van der Waals surface area contributed by atoms with Gasteiger partial charge in [-0.2, -0.15) is 0 Å². The molecule has 0 aliphatic heterocycles. The Bertz CT molecular complexity index is 680. The van der Waals surface area contributed by atoms with Crippen LogP contribution in [-0.4, -0.2) is 12.2 Å². The van der Waals surface area contributed by atoms with Crippen LogP contribution in [0.2, 0.25) is 5.02 Å². The van der Waals surface area contributed by atoms with Crippen molar-refractivity contribution in [3.63, 3.8) is 0 Å². The Labute approximate surface area is 140 Å². The van der Waals surface area contributed by atoms with Gasteiger partial charge < -0.3 is 5.32 Å². The zero-order chi connectivity index (χ0) is 15.5. The first-order chi connectivity index (χ1) is 10.7. The number of halogens is 1. The van der Waals surface area contributed by atoms with Crippen LogP contribution in [0.5, 0.6) is 0 Å². The van der Waals surface area contributed by atoms with E-state index in [-0.39, 0.29) is 5.91 Å². The van der Waals surface area contributed by atoms with E-state index in [4.69, 9.17) is 11.6 Å². The average Bonchev–Trinajstić information content (AvgIpc) is 2.48. The van der Waals surface area contributed by atoms with E-state index < -0.39 is 0 Å². The molecule has 2 aromatic carbocycles. The molecule has 2 nitrogen and oxygen atoms in total. The van der Waals surface area contributed by atoms with Gasteiger partial charge in [-0.1, -0.05) is 30.2 Å². The van der Waals surface area contributed by atoms with Gasteiger partial charge in [-0.25, -0.2) is 0 Å². The highest BCUT2D eigenvalue weighted by Gasteiger charge is 2.19. The Hall–Kier alpha value is -1.45. The van der Waals surface area contributed by atoms with Gasteiger partial charge in [0.05, 0.1) is 5.02 Å². The van der Waals surface area contributed by atoms with E-state index in [0.29, 0.717) is 16.5 Å². The van der Waals surface area contributed by atoms with Gasteiger partial charge in [0, 0.05) is 16.1 Å². The second kappa shape index (κ2) is 6.76. The number of thioether (sulfide) groups is 1. The minimum absolute atomic E-state index is 0.108. The van der Waals surface area contributed by atoms with Crippen molar-refractivity contribution < 1.29 is 4.79 Å². The molecular weight excluding hydrogens is 314 g/mol.